The maximum absolute atomic E-state index is 13.5. The number of hydrogen-bond acceptors (Lipinski definition) is 6. The number of ether oxygens (including phenoxy) is 1. The summed E-state index contributed by atoms with van der Waals surface area (Å²) in [4.78, 5) is 12.0. The van der Waals surface area contributed by atoms with E-state index in [1.807, 2.05) is 0 Å². The summed E-state index contributed by atoms with van der Waals surface area (Å²) in [5.74, 6) is -0.918. The Morgan fingerprint density at radius 3 is 2.42 bits per heavy atom. The van der Waals surface area contributed by atoms with Gasteiger partial charge in [-0.1, -0.05) is 12.1 Å². The molecule has 0 aliphatic carbocycles. The average molecular weight is 468 g/mol. The molecule has 0 saturated carbocycles. The van der Waals surface area contributed by atoms with Crippen LogP contribution < -0.4 is 21.5 Å². The SMILES string of the molecule is O=C(CNc1ccccc1F)NNC(=S)Nc1ccc(S(=O)(=O)N2CCOCC2)cc1. The Morgan fingerprint density at radius 1 is 1.06 bits per heavy atom. The van der Waals surface area contributed by atoms with Gasteiger partial charge in [-0.2, -0.15) is 4.31 Å². The highest BCUT2D eigenvalue weighted by molar-refractivity contribution is 7.89. The number of amides is 1. The van der Waals surface area contributed by atoms with Crippen molar-refractivity contribution in [2.24, 2.45) is 0 Å². The fourth-order valence-corrected chi connectivity index (χ4v) is 4.34. The number of carbonyl (C=O) groups is 1. The Labute approximate surface area is 185 Å². The van der Waals surface area contributed by atoms with Gasteiger partial charge in [0, 0.05) is 18.8 Å². The molecule has 1 aliphatic rings. The number of carbonyl (C=O) groups excluding carboxylic acids is 1. The molecule has 2 aromatic carbocycles. The van der Waals surface area contributed by atoms with Crippen LogP contribution >= 0.6 is 12.2 Å². The van der Waals surface area contributed by atoms with Crippen molar-refractivity contribution in [1.82, 2.24) is 15.2 Å². The van der Waals surface area contributed by atoms with Gasteiger partial charge >= 0.3 is 0 Å². The highest BCUT2D eigenvalue weighted by Gasteiger charge is 2.26. The van der Waals surface area contributed by atoms with Crippen molar-refractivity contribution < 1.29 is 22.3 Å². The summed E-state index contributed by atoms with van der Waals surface area (Å²) in [7, 11) is -3.57. The molecule has 31 heavy (non-hydrogen) atoms. The second-order valence-corrected chi connectivity index (χ2v) is 8.85. The van der Waals surface area contributed by atoms with Crippen molar-refractivity contribution in [2.75, 3.05) is 43.5 Å². The first-order chi connectivity index (χ1) is 14.9. The lowest BCUT2D eigenvalue weighted by Crippen LogP contribution is -2.45. The fourth-order valence-electron chi connectivity index (χ4n) is 2.76. The van der Waals surface area contributed by atoms with Crippen LogP contribution in [0, 0.1) is 5.82 Å². The van der Waals surface area contributed by atoms with Crippen molar-refractivity contribution in [1.29, 1.82) is 0 Å². The zero-order chi connectivity index (χ0) is 22.3. The van der Waals surface area contributed by atoms with Gasteiger partial charge in [0.05, 0.1) is 30.3 Å². The Kier molecular flexibility index (Phi) is 7.74. The maximum Gasteiger partial charge on any atom is 0.257 e. The Morgan fingerprint density at radius 2 is 1.74 bits per heavy atom. The number of benzene rings is 2. The van der Waals surface area contributed by atoms with Gasteiger partial charge in [0.25, 0.3) is 5.91 Å². The molecule has 0 bridgehead atoms. The number of nitrogens with one attached hydrogen (secondary N) is 4. The molecule has 0 spiro atoms. The topological polar surface area (TPSA) is 112 Å². The summed E-state index contributed by atoms with van der Waals surface area (Å²) in [6.45, 7) is 1.23. The molecule has 0 unspecified atom stereocenters. The third-order valence-corrected chi connectivity index (χ3v) is 6.47. The van der Waals surface area contributed by atoms with Crippen molar-refractivity contribution in [3.05, 3.63) is 54.3 Å². The van der Waals surface area contributed by atoms with E-state index in [0.717, 1.165) is 0 Å². The first kappa shape index (κ1) is 22.9. The summed E-state index contributed by atoms with van der Waals surface area (Å²) in [6, 6.07) is 12.1. The van der Waals surface area contributed by atoms with Crippen LogP contribution in [0.5, 0.6) is 0 Å². The number of nitrogens with zero attached hydrogens (tertiary/aromatic N) is 1. The number of para-hydroxylation sites is 1. The molecule has 0 aromatic heterocycles. The van der Waals surface area contributed by atoms with Crippen LogP contribution in [0.3, 0.4) is 0 Å². The molecule has 4 N–H and O–H groups in total. The largest absolute Gasteiger partial charge is 0.379 e. The minimum atomic E-state index is -3.57. The third kappa shape index (κ3) is 6.34. The molecule has 1 fully saturated rings. The van der Waals surface area contributed by atoms with E-state index in [4.69, 9.17) is 17.0 Å². The van der Waals surface area contributed by atoms with Crippen molar-refractivity contribution in [3.8, 4) is 0 Å². The van der Waals surface area contributed by atoms with Crippen molar-refractivity contribution in [3.63, 3.8) is 0 Å². The average Bonchev–Trinajstić information content (AvgIpc) is 2.78. The molecule has 0 radical (unpaired) electrons. The molecule has 12 heteroatoms. The second-order valence-electron chi connectivity index (χ2n) is 6.50. The van der Waals surface area contributed by atoms with Gasteiger partial charge in [0.15, 0.2) is 5.11 Å². The Bertz CT molecular complexity index is 1030. The van der Waals surface area contributed by atoms with E-state index in [0.29, 0.717) is 32.0 Å². The zero-order valence-corrected chi connectivity index (χ0v) is 18.1. The highest BCUT2D eigenvalue weighted by Crippen LogP contribution is 2.19. The summed E-state index contributed by atoms with van der Waals surface area (Å²) >= 11 is 5.10. The quantitative estimate of drug-likeness (QED) is 0.371. The summed E-state index contributed by atoms with van der Waals surface area (Å²) < 4.78 is 45.3. The van der Waals surface area contributed by atoms with E-state index in [1.165, 1.54) is 28.6 Å². The van der Waals surface area contributed by atoms with E-state index < -0.39 is 21.7 Å². The van der Waals surface area contributed by atoms with Gasteiger partial charge in [-0.05, 0) is 48.6 Å². The second kappa shape index (κ2) is 10.5. The standard InChI is InChI=1S/C19H22FN5O4S2/c20-16-3-1-2-4-17(16)21-13-18(26)23-24-19(30)22-14-5-7-15(8-6-14)31(27,28)25-9-11-29-12-10-25/h1-8,21H,9-13H2,(H,23,26)(H2,22,24,30). The number of hydrogen-bond donors (Lipinski definition) is 4. The Balaban J connectivity index is 1.46. The number of sulfonamides is 1. The number of thiocarbonyl (C=S) groups is 1. The maximum atomic E-state index is 13.5. The summed E-state index contributed by atoms with van der Waals surface area (Å²) in [5, 5.41) is 5.61. The zero-order valence-electron chi connectivity index (χ0n) is 16.4. The monoisotopic (exact) mass is 467 g/mol. The number of morpholine rings is 1. The lowest BCUT2D eigenvalue weighted by Gasteiger charge is -2.26. The van der Waals surface area contributed by atoms with Gasteiger partial charge in [-0.15, -0.1) is 0 Å². The van der Waals surface area contributed by atoms with E-state index in [2.05, 4.69) is 21.5 Å². The van der Waals surface area contributed by atoms with Crippen molar-refractivity contribution in [2.45, 2.75) is 4.90 Å². The highest BCUT2D eigenvalue weighted by atomic mass is 32.2. The number of rotatable bonds is 6. The summed E-state index contributed by atoms with van der Waals surface area (Å²) in [5.41, 5.74) is 5.66. The molecule has 1 heterocycles. The van der Waals surface area contributed by atoms with Gasteiger partial charge in [0.1, 0.15) is 5.82 Å². The first-order valence-corrected chi connectivity index (χ1v) is 11.2. The van der Waals surface area contributed by atoms with Crippen LogP contribution in [-0.2, 0) is 19.6 Å². The normalized spacial score (nSPS) is 14.5. The predicted molar refractivity (Wildman–Crippen MR) is 118 cm³/mol. The predicted octanol–water partition coefficient (Wildman–Crippen LogP) is 1.28. The van der Waals surface area contributed by atoms with Gasteiger partial charge in [-0.3, -0.25) is 15.6 Å². The molecule has 1 aliphatic heterocycles. The van der Waals surface area contributed by atoms with Crippen molar-refractivity contribution >= 4 is 44.6 Å². The van der Waals surface area contributed by atoms with Crippen LogP contribution in [0.15, 0.2) is 53.4 Å². The minimum absolute atomic E-state index is 0.100. The van der Waals surface area contributed by atoms with Crippen LogP contribution in [0.2, 0.25) is 0 Å². The number of halogens is 1. The molecule has 1 amide bonds. The first-order valence-electron chi connectivity index (χ1n) is 9.38. The third-order valence-electron chi connectivity index (χ3n) is 4.35. The minimum Gasteiger partial charge on any atom is -0.379 e. The van der Waals surface area contributed by atoms with E-state index in [1.54, 1.807) is 24.3 Å². The molecule has 2 aromatic rings. The summed E-state index contributed by atoms with van der Waals surface area (Å²) in [6.07, 6.45) is 0. The van der Waals surface area contributed by atoms with E-state index in [9.17, 15) is 17.6 Å². The lowest BCUT2D eigenvalue weighted by atomic mass is 10.3. The molecule has 1 saturated heterocycles. The van der Waals surface area contributed by atoms with Crippen LogP contribution in [-0.4, -0.2) is 56.6 Å². The molecular formula is C19H22FN5O4S2. The smallest absolute Gasteiger partial charge is 0.257 e. The molecule has 9 nitrogen and oxygen atoms in total. The molecule has 3 rings (SSSR count). The molecule has 0 atom stereocenters. The van der Waals surface area contributed by atoms with E-state index in [-0.39, 0.29) is 22.2 Å². The van der Waals surface area contributed by atoms with Gasteiger partial charge in [0.2, 0.25) is 10.0 Å². The van der Waals surface area contributed by atoms with Crippen LogP contribution in [0.25, 0.3) is 0 Å². The fraction of sp³-hybridized carbons (Fsp3) is 0.263. The molecular weight excluding hydrogens is 445 g/mol. The van der Waals surface area contributed by atoms with Crippen LogP contribution in [0.1, 0.15) is 0 Å². The number of anilines is 2. The molecule has 166 valence electrons. The lowest BCUT2D eigenvalue weighted by molar-refractivity contribution is -0.119. The van der Waals surface area contributed by atoms with Gasteiger partial charge in [-0.25, -0.2) is 12.8 Å². The number of hydrazine groups is 1. The Hall–Kier alpha value is -2.80. The van der Waals surface area contributed by atoms with Crippen LogP contribution in [0.4, 0.5) is 15.8 Å². The van der Waals surface area contributed by atoms with E-state index >= 15 is 0 Å². The van der Waals surface area contributed by atoms with Gasteiger partial charge < -0.3 is 15.4 Å².